The third-order valence-corrected chi connectivity index (χ3v) is 3.68. The summed E-state index contributed by atoms with van der Waals surface area (Å²) in [7, 11) is 0. The van der Waals surface area contributed by atoms with E-state index in [1.165, 1.54) is 30.0 Å². The fourth-order valence-electron chi connectivity index (χ4n) is 2.61. The number of nitrogens with two attached hydrogens (primary N) is 1. The van der Waals surface area contributed by atoms with E-state index in [1.807, 2.05) is 6.07 Å². The van der Waals surface area contributed by atoms with Gasteiger partial charge in [0.05, 0.1) is 11.4 Å². The Kier molecular flexibility index (Phi) is 3.11. The van der Waals surface area contributed by atoms with Gasteiger partial charge in [-0.25, -0.2) is 4.39 Å². The van der Waals surface area contributed by atoms with Gasteiger partial charge >= 0.3 is 0 Å². The maximum absolute atomic E-state index is 13.4. The zero-order valence-corrected chi connectivity index (χ0v) is 10.7. The van der Waals surface area contributed by atoms with Crippen molar-refractivity contribution in [3.63, 3.8) is 0 Å². The minimum Gasteiger partial charge on any atom is -0.395 e. The van der Waals surface area contributed by atoms with Crippen molar-refractivity contribution in [1.29, 1.82) is 0 Å². The van der Waals surface area contributed by atoms with Gasteiger partial charge in [-0.15, -0.1) is 0 Å². The first-order valence-corrected chi connectivity index (χ1v) is 6.67. The lowest BCUT2D eigenvalue weighted by molar-refractivity contribution is 0.633. The minimum absolute atomic E-state index is 0.167. The van der Waals surface area contributed by atoms with Crippen LogP contribution >= 0.6 is 0 Å². The Hall–Kier alpha value is -2.03. The molecule has 0 atom stereocenters. The number of hydrogen-bond donors (Lipinski definition) is 2. The Labute approximate surface area is 112 Å². The van der Waals surface area contributed by atoms with Crippen LogP contribution in [0.5, 0.6) is 0 Å². The van der Waals surface area contributed by atoms with E-state index >= 15 is 0 Å². The lowest BCUT2D eigenvalue weighted by Gasteiger charge is -2.17. The molecule has 98 valence electrons. The van der Waals surface area contributed by atoms with Crippen LogP contribution in [0.15, 0.2) is 36.4 Å². The molecular weight excluding hydrogens is 239 g/mol. The number of aryl methyl sites for hydroxylation is 2. The Morgan fingerprint density at radius 2 is 1.79 bits per heavy atom. The number of para-hydroxylation sites is 1. The van der Waals surface area contributed by atoms with Crippen molar-refractivity contribution < 1.29 is 4.39 Å². The van der Waals surface area contributed by atoms with Crippen LogP contribution in [-0.4, -0.2) is 0 Å². The van der Waals surface area contributed by atoms with Gasteiger partial charge in [-0.1, -0.05) is 12.1 Å². The number of benzene rings is 2. The topological polar surface area (TPSA) is 38.0 Å². The average molecular weight is 256 g/mol. The number of nitrogens with one attached hydrogen (secondary N) is 1. The molecule has 2 aromatic carbocycles. The summed E-state index contributed by atoms with van der Waals surface area (Å²) in [4.78, 5) is 0. The van der Waals surface area contributed by atoms with Gasteiger partial charge in [0.25, 0.3) is 0 Å². The molecule has 2 nitrogen and oxygen atoms in total. The van der Waals surface area contributed by atoms with Gasteiger partial charge in [0.15, 0.2) is 0 Å². The van der Waals surface area contributed by atoms with E-state index in [-0.39, 0.29) is 11.5 Å². The highest BCUT2D eigenvalue weighted by Gasteiger charge is 2.10. The van der Waals surface area contributed by atoms with Crippen molar-refractivity contribution in [2.75, 3.05) is 11.1 Å². The second-order valence-corrected chi connectivity index (χ2v) is 5.02. The van der Waals surface area contributed by atoms with Crippen LogP contribution in [0, 0.1) is 5.82 Å². The smallest absolute Gasteiger partial charge is 0.148 e. The summed E-state index contributed by atoms with van der Waals surface area (Å²) in [6.45, 7) is 0. The van der Waals surface area contributed by atoms with Crippen LogP contribution in [0.1, 0.15) is 24.0 Å². The lowest BCUT2D eigenvalue weighted by atomic mass is 9.91. The summed E-state index contributed by atoms with van der Waals surface area (Å²) in [6, 6.07) is 11.2. The summed E-state index contributed by atoms with van der Waals surface area (Å²) >= 11 is 0. The molecule has 3 heteroatoms. The van der Waals surface area contributed by atoms with E-state index < -0.39 is 0 Å². The van der Waals surface area contributed by atoms with E-state index in [1.54, 1.807) is 12.1 Å². The highest BCUT2D eigenvalue weighted by atomic mass is 19.1. The average Bonchev–Trinajstić information content (AvgIpc) is 2.44. The van der Waals surface area contributed by atoms with Crippen LogP contribution in [-0.2, 0) is 12.8 Å². The standard InChI is InChI=1S/C16H17FN2/c17-14-6-3-7-15(16(14)18)19-13-9-8-11-4-1-2-5-12(11)10-13/h3,6-10,19H,1-2,4-5,18H2. The van der Waals surface area contributed by atoms with E-state index in [2.05, 4.69) is 17.4 Å². The van der Waals surface area contributed by atoms with Crippen LogP contribution in [0.25, 0.3) is 0 Å². The Morgan fingerprint density at radius 1 is 1.00 bits per heavy atom. The fourth-order valence-corrected chi connectivity index (χ4v) is 2.61. The fraction of sp³-hybridized carbons (Fsp3) is 0.250. The van der Waals surface area contributed by atoms with Crippen molar-refractivity contribution >= 4 is 17.1 Å². The van der Waals surface area contributed by atoms with E-state index in [0.29, 0.717) is 5.69 Å². The molecular formula is C16H17FN2. The highest BCUT2D eigenvalue weighted by molar-refractivity contribution is 5.73. The summed E-state index contributed by atoms with van der Waals surface area (Å²) in [6.07, 6.45) is 4.82. The third kappa shape index (κ3) is 2.41. The van der Waals surface area contributed by atoms with E-state index in [4.69, 9.17) is 5.73 Å². The molecule has 0 aliphatic heterocycles. The van der Waals surface area contributed by atoms with Gasteiger partial charge in [0.1, 0.15) is 5.82 Å². The number of rotatable bonds is 2. The molecule has 1 aliphatic rings. The minimum atomic E-state index is -0.386. The second-order valence-electron chi connectivity index (χ2n) is 5.02. The largest absolute Gasteiger partial charge is 0.395 e. The molecule has 0 fully saturated rings. The zero-order valence-electron chi connectivity index (χ0n) is 10.7. The van der Waals surface area contributed by atoms with Crippen molar-refractivity contribution in [1.82, 2.24) is 0 Å². The Bertz CT molecular complexity index is 608. The Balaban J connectivity index is 1.89. The molecule has 0 unspecified atom stereocenters. The number of fused-ring (bicyclic) bond motifs is 1. The molecule has 0 saturated heterocycles. The molecule has 19 heavy (non-hydrogen) atoms. The normalized spacial score (nSPS) is 13.9. The zero-order chi connectivity index (χ0) is 13.2. The summed E-state index contributed by atoms with van der Waals surface area (Å²) in [5.74, 6) is -0.386. The van der Waals surface area contributed by atoms with Gasteiger partial charge in [-0.2, -0.15) is 0 Å². The first kappa shape index (κ1) is 12.0. The molecule has 1 aliphatic carbocycles. The first-order valence-electron chi connectivity index (χ1n) is 6.67. The van der Waals surface area contributed by atoms with Gasteiger partial charge < -0.3 is 11.1 Å². The van der Waals surface area contributed by atoms with E-state index in [9.17, 15) is 4.39 Å². The van der Waals surface area contributed by atoms with Crippen molar-refractivity contribution in [3.05, 3.63) is 53.3 Å². The monoisotopic (exact) mass is 256 g/mol. The summed E-state index contributed by atoms with van der Waals surface area (Å²) in [5.41, 5.74) is 10.3. The predicted molar refractivity (Wildman–Crippen MR) is 77.2 cm³/mol. The second kappa shape index (κ2) is 4.92. The summed E-state index contributed by atoms with van der Waals surface area (Å²) in [5, 5.41) is 3.20. The van der Waals surface area contributed by atoms with Crippen LogP contribution in [0.4, 0.5) is 21.5 Å². The lowest BCUT2D eigenvalue weighted by Crippen LogP contribution is -2.04. The number of anilines is 3. The van der Waals surface area contributed by atoms with Crippen molar-refractivity contribution in [3.8, 4) is 0 Å². The number of halogens is 1. The van der Waals surface area contributed by atoms with Gasteiger partial charge in [0.2, 0.25) is 0 Å². The highest BCUT2D eigenvalue weighted by Crippen LogP contribution is 2.28. The third-order valence-electron chi connectivity index (χ3n) is 3.68. The SMILES string of the molecule is Nc1c(F)cccc1Nc1ccc2c(c1)CCCC2. The van der Waals surface area contributed by atoms with Crippen LogP contribution < -0.4 is 11.1 Å². The van der Waals surface area contributed by atoms with Crippen molar-refractivity contribution in [2.45, 2.75) is 25.7 Å². The quantitative estimate of drug-likeness (QED) is 0.796. The predicted octanol–water partition coefficient (Wildman–Crippen LogP) is 4.03. The number of hydrogen-bond acceptors (Lipinski definition) is 2. The molecule has 0 spiro atoms. The van der Waals surface area contributed by atoms with Crippen LogP contribution in [0.2, 0.25) is 0 Å². The van der Waals surface area contributed by atoms with Crippen molar-refractivity contribution in [2.24, 2.45) is 0 Å². The molecule has 2 aromatic rings. The first-order chi connectivity index (χ1) is 9.24. The van der Waals surface area contributed by atoms with Gasteiger partial charge in [-0.3, -0.25) is 0 Å². The van der Waals surface area contributed by atoms with E-state index in [0.717, 1.165) is 18.5 Å². The maximum atomic E-state index is 13.4. The van der Waals surface area contributed by atoms with Gasteiger partial charge in [0, 0.05) is 5.69 Å². The molecule has 3 rings (SSSR count). The number of nitrogen functional groups attached to an aromatic ring is 1. The molecule has 0 saturated carbocycles. The van der Waals surface area contributed by atoms with Gasteiger partial charge in [-0.05, 0) is 61.1 Å². The van der Waals surface area contributed by atoms with Crippen LogP contribution in [0.3, 0.4) is 0 Å². The maximum Gasteiger partial charge on any atom is 0.148 e. The molecule has 0 aromatic heterocycles. The molecule has 0 amide bonds. The molecule has 0 bridgehead atoms. The Morgan fingerprint density at radius 3 is 2.63 bits per heavy atom. The molecule has 0 radical (unpaired) electrons. The molecule has 3 N–H and O–H groups in total. The molecule has 0 heterocycles. The summed E-state index contributed by atoms with van der Waals surface area (Å²) < 4.78 is 13.4.